The van der Waals surface area contributed by atoms with Crippen LogP contribution in [0, 0.1) is 5.41 Å². The van der Waals surface area contributed by atoms with Gasteiger partial charge in [-0.05, 0) is 36.4 Å². The largest absolute Gasteiger partial charge is 0.316 e. The lowest BCUT2D eigenvalue weighted by atomic mass is 9.83. The third-order valence-corrected chi connectivity index (χ3v) is 2.81. The molecule has 2 rings (SSSR count). The molecule has 1 atom stereocenters. The fourth-order valence-electron chi connectivity index (χ4n) is 2.02. The van der Waals surface area contributed by atoms with Crippen molar-refractivity contribution in [2.24, 2.45) is 5.41 Å². The minimum Gasteiger partial charge on any atom is -0.316 e. The molecule has 1 aliphatic rings. The van der Waals surface area contributed by atoms with Crippen LogP contribution in [0.1, 0.15) is 32.8 Å². The summed E-state index contributed by atoms with van der Waals surface area (Å²) in [6.07, 6.45) is 6.23. The molecule has 0 saturated carbocycles. The Hall–Kier alpha value is -0.890. The molecule has 0 radical (unpaired) electrons. The van der Waals surface area contributed by atoms with Gasteiger partial charge in [0.25, 0.3) is 0 Å². The van der Waals surface area contributed by atoms with E-state index in [1.54, 1.807) is 0 Å². The van der Waals surface area contributed by atoms with E-state index < -0.39 is 0 Å². The Labute approximate surface area is 93.1 Å². The number of nitrogens with zero attached hydrogens (tertiary/aromatic N) is 1. The molecule has 1 unspecified atom stereocenters. The maximum absolute atomic E-state index is 4.14. The van der Waals surface area contributed by atoms with Crippen molar-refractivity contribution in [3.05, 3.63) is 30.1 Å². The van der Waals surface area contributed by atoms with Crippen LogP contribution >= 0.6 is 0 Å². The molecule has 0 aliphatic carbocycles. The topological polar surface area (TPSA) is 24.9 Å². The second-order valence-corrected chi connectivity index (χ2v) is 4.28. The monoisotopic (exact) mass is 206 g/mol. The molecule has 1 saturated heterocycles. The van der Waals surface area contributed by atoms with E-state index in [9.17, 15) is 0 Å². The summed E-state index contributed by atoms with van der Waals surface area (Å²) in [5.41, 5.74) is 1.80. The van der Waals surface area contributed by atoms with Gasteiger partial charge in [0, 0.05) is 18.9 Å². The zero-order valence-electron chi connectivity index (χ0n) is 10.1. The highest BCUT2D eigenvalue weighted by atomic mass is 14.9. The number of aromatic nitrogens is 1. The normalized spacial score (nSPS) is 24.5. The number of hydrogen-bond donors (Lipinski definition) is 1. The molecule has 0 spiro atoms. The van der Waals surface area contributed by atoms with Crippen LogP contribution in [0.5, 0.6) is 0 Å². The van der Waals surface area contributed by atoms with Crippen molar-refractivity contribution >= 4 is 0 Å². The molecule has 1 fully saturated rings. The average Bonchev–Trinajstić information content (AvgIpc) is 2.69. The molecule has 2 heterocycles. The van der Waals surface area contributed by atoms with E-state index >= 15 is 0 Å². The molecule has 1 aromatic rings. The average molecular weight is 206 g/mol. The van der Waals surface area contributed by atoms with Gasteiger partial charge in [-0.25, -0.2) is 0 Å². The van der Waals surface area contributed by atoms with Gasteiger partial charge in [0.1, 0.15) is 0 Å². The lowest BCUT2D eigenvalue weighted by molar-refractivity contribution is 0.362. The molecule has 1 aromatic heterocycles. The van der Waals surface area contributed by atoms with Gasteiger partial charge < -0.3 is 5.32 Å². The molecule has 0 amide bonds. The third kappa shape index (κ3) is 3.63. The predicted molar refractivity (Wildman–Crippen MR) is 64.9 cm³/mol. The number of hydrogen-bond acceptors (Lipinski definition) is 2. The van der Waals surface area contributed by atoms with Crippen LogP contribution in [0.4, 0.5) is 0 Å². The molecule has 15 heavy (non-hydrogen) atoms. The summed E-state index contributed by atoms with van der Waals surface area (Å²) in [4.78, 5) is 4.14. The van der Waals surface area contributed by atoms with Crippen LogP contribution in [0.15, 0.2) is 24.5 Å². The highest BCUT2D eigenvalue weighted by Gasteiger charge is 2.28. The van der Waals surface area contributed by atoms with E-state index in [-0.39, 0.29) is 0 Å². The van der Waals surface area contributed by atoms with Crippen molar-refractivity contribution in [1.82, 2.24) is 10.3 Å². The highest BCUT2D eigenvalue weighted by Crippen LogP contribution is 2.28. The van der Waals surface area contributed by atoms with Crippen molar-refractivity contribution in [3.8, 4) is 0 Å². The van der Waals surface area contributed by atoms with Crippen molar-refractivity contribution in [3.63, 3.8) is 0 Å². The van der Waals surface area contributed by atoms with Gasteiger partial charge in [0.15, 0.2) is 0 Å². The summed E-state index contributed by atoms with van der Waals surface area (Å²) in [6, 6.07) is 4.18. The van der Waals surface area contributed by atoms with Gasteiger partial charge in [0.05, 0.1) is 0 Å². The molecule has 84 valence electrons. The van der Waals surface area contributed by atoms with E-state index in [0.717, 1.165) is 19.5 Å². The fourth-order valence-corrected chi connectivity index (χ4v) is 2.02. The lowest BCUT2D eigenvalue weighted by Gasteiger charge is -2.22. The van der Waals surface area contributed by atoms with Crippen LogP contribution in [0.3, 0.4) is 0 Å². The minimum absolute atomic E-state index is 0.447. The first-order valence-corrected chi connectivity index (χ1v) is 5.88. The Balaban J connectivity index is 0.000000531. The van der Waals surface area contributed by atoms with Crippen molar-refractivity contribution in [2.75, 3.05) is 13.1 Å². The van der Waals surface area contributed by atoms with Crippen LogP contribution in [-0.4, -0.2) is 18.1 Å². The van der Waals surface area contributed by atoms with Gasteiger partial charge >= 0.3 is 0 Å². The minimum atomic E-state index is 0.447. The smallest absolute Gasteiger partial charge is 0.0300 e. The maximum Gasteiger partial charge on any atom is 0.0300 e. The SMILES string of the molecule is CC.CC1(Cc2cccnc2)CCNC1. The zero-order valence-corrected chi connectivity index (χ0v) is 10.1. The summed E-state index contributed by atoms with van der Waals surface area (Å²) in [5, 5.41) is 3.41. The van der Waals surface area contributed by atoms with Gasteiger partial charge in [-0.2, -0.15) is 0 Å². The molecule has 1 aliphatic heterocycles. The van der Waals surface area contributed by atoms with Gasteiger partial charge in [-0.1, -0.05) is 26.8 Å². The van der Waals surface area contributed by atoms with Crippen LogP contribution in [-0.2, 0) is 6.42 Å². The number of rotatable bonds is 2. The summed E-state index contributed by atoms with van der Waals surface area (Å²) >= 11 is 0. The Kier molecular flexibility index (Phi) is 4.76. The van der Waals surface area contributed by atoms with Crippen LogP contribution in [0.2, 0.25) is 0 Å². The Morgan fingerprint density at radius 2 is 2.27 bits per heavy atom. The summed E-state index contributed by atoms with van der Waals surface area (Å²) in [7, 11) is 0. The highest BCUT2D eigenvalue weighted by molar-refractivity contribution is 5.11. The Morgan fingerprint density at radius 1 is 1.47 bits per heavy atom. The third-order valence-electron chi connectivity index (χ3n) is 2.81. The fraction of sp³-hybridized carbons (Fsp3) is 0.615. The molecule has 2 nitrogen and oxygen atoms in total. The van der Waals surface area contributed by atoms with Gasteiger partial charge in [-0.15, -0.1) is 0 Å². The predicted octanol–water partition coefficient (Wildman–Crippen LogP) is 2.65. The molecular formula is C13H22N2. The van der Waals surface area contributed by atoms with E-state index in [0.29, 0.717) is 5.41 Å². The maximum atomic E-state index is 4.14. The first-order chi connectivity index (χ1) is 7.29. The zero-order chi connectivity index (χ0) is 11.1. The van der Waals surface area contributed by atoms with Crippen LogP contribution in [0.25, 0.3) is 0 Å². The standard InChI is InChI=1S/C11H16N2.C2H6/c1-11(4-6-13-9-11)7-10-3-2-5-12-8-10;1-2/h2-3,5,8,13H,4,6-7,9H2,1H3;1-2H3. The summed E-state index contributed by atoms with van der Waals surface area (Å²) in [6.45, 7) is 8.65. The molecule has 0 bridgehead atoms. The van der Waals surface area contributed by atoms with E-state index in [1.807, 2.05) is 32.3 Å². The Morgan fingerprint density at radius 3 is 2.80 bits per heavy atom. The molecule has 0 aromatic carbocycles. The van der Waals surface area contributed by atoms with Crippen LogP contribution < -0.4 is 5.32 Å². The van der Waals surface area contributed by atoms with Gasteiger partial charge in [-0.3, -0.25) is 4.98 Å². The van der Waals surface area contributed by atoms with Crippen molar-refractivity contribution in [1.29, 1.82) is 0 Å². The van der Waals surface area contributed by atoms with Crippen molar-refractivity contribution in [2.45, 2.75) is 33.6 Å². The first kappa shape index (κ1) is 12.2. The lowest BCUT2D eigenvalue weighted by Crippen LogP contribution is -2.22. The summed E-state index contributed by atoms with van der Waals surface area (Å²) < 4.78 is 0. The number of pyridine rings is 1. The van der Waals surface area contributed by atoms with Gasteiger partial charge in [0.2, 0.25) is 0 Å². The second kappa shape index (κ2) is 5.86. The first-order valence-electron chi connectivity index (χ1n) is 5.88. The van der Waals surface area contributed by atoms with E-state index in [2.05, 4.69) is 23.3 Å². The molecule has 1 N–H and O–H groups in total. The van der Waals surface area contributed by atoms with Crippen molar-refractivity contribution < 1.29 is 0 Å². The quantitative estimate of drug-likeness (QED) is 0.804. The van der Waals surface area contributed by atoms with E-state index in [4.69, 9.17) is 0 Å². The summed E-state index contributed by atoms with van der Waals surface area (Å²) in [5.74, 6) is 0. The molecule has 2 heteroatoms. The Bertz CT molecular complexity index is 263. The molecular weight excluding hydrogens is 184 g/mol. The number of nitrogens with one attached hydrogen (secondary N) is 1. The second-order valence-electron chi connectivity index (χ2n) is 4.28. The van der Waals surface area contributed by atoms with E-state index in [1.165, 1.54) is 12.0 Å².